The van der Waals surface area contributed by atoms with Crippen LogP contribution < -0.4 is 10.1 Å². The number of rotatable bonds is 4. The minimum atomic E-state index is -0.450. The first-order valence-corrected chi connectivity index (χ1v) is 7.18. The SMILES string of the molecule is COc1ccc2oc(C(=O)c3ccc(F)cc3)c(NC(C)=O)c2c1. The molecule has 0 spiro atoms. The summed E-state index contributed by atoms with van der Waals surface area (Å²) in [6, 6.07) is 10.1. The summed E-state index contributed by atoms with van der Waals surface area (Å²) in [6.45, 7) is 1.34. The number of halogens is 1. The molecule has 6 heteroatoms. The molecule has 0 fully saturated rings. The molecule has 2 aromatic carbocycles. The second-order valence-electron chi connectivity index (χ2n) is 5.19. The fraction of sp³-hybridized carbons (Fsp3) is 0.111. The summed E-state index contributed by atoms with van der Waals surface area (Å²) >= 11 is 0. The fourth-order valence-electron chi connectivity index (χ4n) is 2.40. The quantitative estimate of drug-likeness (QED) is 0.741. The zero-order valence-electron chi connectivity index (χ0n) is 13.1. The van der Waals surface area contributed by atoms with Gasteiger partial charge in [0.15, 0.2) is 5.76 Å². The highest BCUT2D eigenvalue weighted by molar-refractivity contribution is 6.17. The summed E-state index contributed by atoms with van der Waals surface area (Å²) in [6.07, 6.45) is 0. The van der Waals surface area contributed by atoms with Crippen LogP contribution in [0.15, 0.2) is 46.9 Å². The van der Waals surface area contributed by atoms with Gasteiger partial charge in [-0.15, -0.1) is 0 Å². The molecule has 0 saturated carbocycles. The smallest absolute Gasteiger partial charge is 0.230 e. The molecule has 24 heavy (non-hydrogen) atoms. The van der Waals surface area contributed by atoms with Gasteiger partial charge in [-0.2, -0.15) is 0 Å². The predicted octanol–water partition coefficient (Wildman–Crippen LogP) is 3.77. The summed E-state index contributed by atoms with van der Waals surface area (Å²) in [4.78, 5) is 24.2. The van der Waals surface area contributed by atoms with Gasteiger partial charge in [-0.1, -0.05) is 0 Å². The van der Waals surface area contributed by atoms with Crippen molar-refractivity contribution in [3.8, 4) is 5.75 Å². The van der Waals surface area contributed by atoms with Gasteiger partial charge in [-0.05, 0) is 42.5 Å². The van der Waals surface area contributed by atoms with Crippen molar-refractivity contribution in [2.24, 2.45) is 0 Å². The number of carbonyl (C=O) groups excluding carboxylic acids is 2. The maximum atomic E-state index is 13.0. The van der Waals surface area contributed by atoms with Crippen LogP contribution in [0.3, 0.4) is 0 Å². The maximum absolute atomic E-state index is 13.0. The number of nitrogens with one attached hydrogen (secondary N) is 1. The highest BCUT2D eigenvalue weighted by Crippen LogP contribution is 2.34. The number of anilines is 1. The minimum Gasteiger partial charge on any atom is -0.497 e. The number of hydrogen-bond donors (Lipinski definition) is 1. The van der Waals surface area contributed by atoms with E-state index >= 15 is 0 Å². The third kappa shape index (κ3) is 2.86. The van der Waals surface area contributed by atoms with Crippen molar-refractivity contribution in [1.29, 1.82) is 0 Å². The van der Waals surface area contributed by atoms with Crippen LogP contribution in [0.4, 0.5) is 10.1 Å². The molecule has 0 saturated heterocycles. The molecule has 5 nitrogen and oxygen atoms in total. The molecule has 1 N–H and O–H groups in total. The van der Waals surface area contributed by atoms with E-state index in [1.807, 2.05) is 0 Å². The van der Waals surface area contributed by atoms with Gasteiger partial charge in [0.2, 0.25) is 11.7 Å². The van der Waals surface area contributed by atoms with Crippen molar-refractivity contribution in [2.75, 3.05) is 12.4 Å². The van der Waals surface area contributed by atoms with Gasteiger partial charge in [-0.25, -0.2) is 4.39 Å². The Labute approximate surface area is 137 Å². The second-order valence-corrected chi connectivity index (χ2v) is 5.19. The number of ether oxygens (including phenoxy) is 1. The average molecular weight is 327 g/mol. The lowest BCUT2D eigenvalue weighted by Gasteiger charge is -2.04. The third-order valence-corrected chi connectivity index (χ3v) is 3.51. The number of furan rings is 1. The largest absolute Gasteiger partial charge is 0.497 e. The number of benzene rings is 2. The van der Waals surface area contributed by atoms with E-state index < -0.39 is 11.6 Å². The molecule has 1 aromatic heterocycles. The molecular weight excluding hydrogens is 313 g/mol. The number of amides is 1. The van der Waals surface area contributed by atoms with Crippen molar-refractivity contribution in [3.05, 3.63) is 59.6 Å². The first kappa shape index (κ1) is 15.7. The highest BCUT2D eigenvalue weighted by Gasteiger charge is 2.23. The zero-order chi connectivity index (χ0) is 17.3. The number of ketones is 1. The lowest BCUT2D eigenvalue weighted by molar-refractivity contribution is -0.114. The molecule has 0 aliphatic rings. The third-order valence-electron chi connectivity index (χ3n) is 3.51. The number of hydrogen-bond acceptors (Lipinski definition) is 4. The van der Waals surface area contributed by atoms with Crippen LogP contribution in [0.5, 0.6) is 5.75 Å². The summed E-state index contributed by atoms with van der Waals surface area (Å²) in [7, 11) is 1.52. The van der Waals surface area contributed by atoms with Gasteiger partial charge < -0.3 is 14.5 Å². The van der Waals surface area contributed by atoms with Gasteiger partial charge >= 0.3 is 0 Å². The Hall–Kier alpha value is -3.15. The molecule has 3 rings (SSSR count). The van der Waals surface area contributed by atoms with E-state index in [2.05, 4.69) is 5.32 Å². The molecule has 1 heterocycles. The van der Waals surface area contributed by atoms with Gasteiger partial charge in [-0.3, -0.25) is 9.59 Å². The molecule has 0 atom stereocenters. The summed E-state index contributed by atoms with van der Waals surface area (Å²) in [5, 5.41) is 3.18. The normalized spacial score (nSPS) is 10.6. The van der Waals surface area contributed by atoms with E-state index in [9.17, 15) is 14.0 Å². The second kappa shape index (κ2) is 6.16. The number of fused-ring (bicyclic) bond motifs is 1. The Morgan fingerprint density at radius 2 is 1.83 bits per heavy atom. The minimum absolute atomic E-state index is 0.0138. The van der Waals surface area contributed by atoms with E-state index in [0.717, 1.165) is 0 Å². The molecule has 0 radical (unpaired) electrons. The highest BCUT2D eigenvalue weighted by atomic mass is 19.1. The Bertz CT molecular complexity index is 928. The van der Waals surface area contributed by atoms with Crippen molar-refractivity contribution < 1.29 is 23.1 Å². The lowest BCUT2D eigenvalue weighted by Crippen LogP contribution is -2.10. The predicted molar refractivity (Wildman–Crippen MR) is 86.9 cm³/mol. The van der Waals surface area contributed by atoms with Crippen LogP contribution in [0, 0.1) is 5.82 Å². The standard InChI is InChI=1S/C18H14FNO4/c1-10(21)20-16-14-9-13(23-2)7-8-15(14)24-18(16)17(22)11-3-5-12(19)6-4-11/h3-9H,1-2H3,(H,20,21). The molecular formula is C18H14FNO4. The van der Waals surface area contributed by atoms with E-state index in [0.29, 0.717) is 16.7 Å². The van der Waals surface area contributed by atoms with Crippen LogP contribution in [0.25, 0.3) is 11.0 Å². The molecule has 0 aliphatic heterocycles. The first-order valence-electron chi connectivity index (χ1n) is 7.18. The lowest BCUT2D eigenvalue weighted by atomic mass is 10.1. The molecule has 3 aromatic rings. The van der Waals surface area contributed by atoms with Gasteiger partial charge in [0, 0.05) is 17.9 Å². The molecule has 1 amide bonds. The summed E-state index contributed by atoms with van der Waals surface area (Å²) in [5.41, 5.74) is 0.963. The Kier molecular flexibility index (Phi) is 4.04. The Morgan fingerprint density at radius 3 is 2.46 bits per heavy atom. The first-order chi connectivity index (χ1) is 11.5. The Balaban J connectivity index is 2.16. The summed E-state index contributed by atoms with van der Waals surface area (Å²) in [5.74, 6) is -0.679. The number of methoxy groups -OCH3 is 1. The molecule has 0 aliphatic carbocycles. The maximum Gasteiger partial charge on any atom is 0.230 e. The van der Waals surface area contributed by atoms with Gasteiger partial charge in [0.1, 0.15) is 17.1 Å². The van der Waals surface area contributed by atoms with Crippen molar-refractivity contribution in [2.45, 2.75) is 6.92 Å². The summed E-state index contributed by atoms with van der Waals surface area (Å²) < 4.78 is 23.9. The van der Waals surface area contributed by atoms with E-state index in [1.165, 1.54) is 38.3 Å². The van der Waals surface area contributed by atoms with Gasteiger partial charge in [0.25, 0.3) is 0 Å². The average Bonchev–Trinajstić information content (AvgIpc) is 2.92. The van der Waals surface area contributed by atoms with Crippen LogP contribution in [0.2, 0.25) is 0 Å². The van der Waals surface area contributed by atoms with Crippen LogP contribution in [-0.2, 0) is 4.79 Å². The zero-order valence-corrected chi connectivity index (χ0v) is 13.1. The van der Waals surface area contributed by atoms with Crippen LogP contribution in [-0.4, -0.2) is 18.8 Å². The van der Waals surface area contributed by atoms with Crippen molar-refractivity contribution >= 4 is 28.3 Å². The van der Waals surface area contributed by atoms with Crippen molar-refractivity contribution in [3.63, 3.8) is 0 Å². The number of carbonyl (C=O) groups is 2. The van der Waals surface area contributed by atoms with Gasteiger partial charge in [0.05, 0.1) is 12.8 Å². The van der Waals surface area contributed by atoms with E-state index in [1.54, 1.807) is 18.2 Å². The Morgan fingerprint density at radius 1 is 1.12 bits per heavy atom. The van der Waals surface area contributed by atoms with E-state index in [-0.39, 0.29) is 22.9 Å². The molecule has 0 unspecified atom stereocenters. The van der Waals surface area contributed by atoms with Crippen LogP contribution >= 0.6 is 0 Å². The van der Waals surface area contributed by atoms with Crippen LogP contribution in [0.1, 0.15) is 23.0 Å². The topological polar surface area (TPSA) is 68.5 Å². The van der Waals surface area contributed by atoms with Crippen molar-refractivity contribution in [1.82, 2.24) is 0 Å². The fourth-order valence-corrected chi connectivity index (χ4v) is 2.40. The monoisotopic (exact) mass is 327 g/mol. The van der Waals surface area contributed by atoms with E-state index in [4.69, 9.17) is 9.15 Å². The molecule has 0 bridgehead atoms. The molecule has 122 valence electrons.